The normalized spacial score (nSPS) is 34.0. The predicted octanol–water partition coefficient (Wildman–Crippen LogP) is -1.64. The van der Waals surface area contributed by atoms with Crippen molar-refractivity contribution in [2.24, 2.45) is 0 Å². The minimum atomic E-state index is -1.49. The summed E-state index contributed by atoms with van der Waals surface area (Å²) >= 11 is 0. The molecule has 1 aromatic rings. The van der Waals surface area contributed by atoms with E-state index in [4.69, 9.17) is 14.6 Å². The van der Waals surface area contributed by atoms with Gasteiger partial charge in [-0.15, -0.1) is 0 Å². The fourth-order valence-electron chi connectivity index (χ4n) is 2.04. The molecule has 5 N–H and O–H groups in total. The van der Waals surface area contributed by atoms with E-state index < -0.39 is 37.3 Å². The van der Waals surface area contributed by atoms with Gasteiger partial charge >= 0.3 is 0 Å². The summed E-state index contributed by atoms with van der Waals surface area (Å²) in [5.41, 5.74) is 0.490. The minimum absolute atomic E-state index is 0.256. The minimum Gasteiger partial charge on any atom is -0.462 e. The molecule has 0 spiro atoms. The Morgan fingerprint density at radius 1 is 1.00 bits per heavy atom. The maximum absolute atomic E-state index is 9.84. The average Bonchev–Trinajstić information content (AvgIpc) is 2.48. The summed E-state index contributed by atoms with van der Waals surface area (Å²) in [4.78, 5) is 0. The van der Waals surface area contributed by atoms with Crippen LogP contribution in [-0.2, 0) is 11.3 Å². The van der Waals surface area contributed by atoms with Crippen LogP contribution in [0.1, 0.15) is 5.56 Å². The molecule has 20 heavy (non-hydrogen) atoms. The monoisotopic (exact) mass is 286 g/mol. The largest absolute Gasteiger partial charge is 0.462 e. The number of para-hydroxylation sites is 1. The second-order valence-electron chi connectivity index (χ2n) is 4.58. The maximum atomic E-state index is 9.84. The van der Waals surface area contributed by atoms with E-state index in [1.807, 2.05) is 0 Å². The van der Waals surface area contributed by atoms with Gasteiger partial charge in [-0.2, -0.15) is 0 Å². The van der Waals surface area contributed by atoms with E-state index >= 15 is 0 Å². The number of hydrogen-bond donors (Lipinski definition) is 5. The van der Waals surface area contributed by atoms with Crippen molar-refractivity contribution in [2.45, 2.75) is 37.3 Å². The third-order valence-corrected chi connectivity index (χ3v) is 3.23. The van der Waals surface area contributed by atoms with Crippen LogP contribution in [0.15, 0.2) is 24.3 Å². The van der Waals surface area contributed by atoms with E-state index in [1.165, 1.54) is 0 Å². The summed E-state index contributed by atoms with van der Waals surface area (Å²) in [5.74, 6) is 0.291. The molecule has 0 bridgehead atoms. The first kappa shape index (κ1) is 15.2. The Bertz CT molecular complexity index is 436. The quantitative estimate of drug-likeness (QED) is 0.450. The highest BCUT2D eigenvalue weighted by atomic mass is 16.7. The van der Waals surface area contributed by atoms with Gasteiger partial charge in [0.25, 0.3) is 0 Å². The van der Waals surface area contributed by atoms with Gasteiger partial charge in [0.05, 0.1) is 13.2 Å². The lowest BCUT2D eigenvalue weighted by atomic mass is 9.99. The highest BCUT2D eigenvalue weighted by Gasteiger charge is 2.44. The molecule has 7 heteroatoms. The number of aliphatic hydroxyl groups is 5. The van der Waals surface area contributed by atoms with Gasteiger partial charge in [0, 0.05) is 5.56 Å². The molecular weight excluding hydrogens is 268 g/mol. The van der Waals surface area contributed by atoms with E-state index in [0.29, 0.717) is 11.3 Å². The van der Waals surface area contributed by atoms with Crippen LogP contribution in [-0.4, -0.2) is 62.8 Å². The van der Waals surface area contributed by atoms with E-state index in [9.17, 15) is 20.4 Å². The molecule has 1 aromatic carbocycles. The Kier molecular flexibility index (Phi) is 4.92. The molecule has 3 unspecified atom stereocenters. The van der Waals surface area contributed by atoms with Crippen molar-refractivity contribution in [3.05, 3.63) is 29.8 Å². The summed E-state index contributed by atoms with van der Waals surface area (Å²) in [6.07, 6.45) is -6.67. The Morgan fingerprint density at radius 3 is 2.35 bits per heavy atom. The van der Waals surface area contributed by atoms with Crippen LogP contribution in [0.5, 0.6) is 5.75 Å². The van der Waals surface area contributed by atoms with Crippen molar-refractivity contribution in [1.29, 1.82) is 0 Å². The molecule has 1 aliphatic rings. The topological polar surface area (TPSA) is 120 Å². The molecule has 0 aliphatic carbocycles. The molecule has 0 amide bonds. The molecule has 2 rings (SSSR count). The Labute approximate surface area is 115 Å². The first-order valence-electron chi connectivity index (χ1n) is 6.24. The summed E-state index contributed by atoms with van der Waals surface area (Å²) in [7, 11) is 0. The van der Waals surface area contributed by atoms with Gasteiger partial charge in [0.15, 0.2) is 0 Å². The number of ether oxygens (including phenoxy) is 2. The lowest BCUT2D eigenvalue weighted by molar-refractivity contribution is -0.277. The maximum Gasteiger partial charge on any atom is 0.229 e. The van der Waals surface area contributed by atoms with Gasteiger partial charge in [-0.3, -0.25) is 0 Å². The fourth-order valence-corrected chi connectivity index (χ4v) is 2.04. The standard InChI is InChI=1S/C13H18O7/c14-5-7-3-1-2-4-8(7)19-13-12(18)11(17)10(16)9(6-15)20-13/h1-4,9-18H,5-6H2/t9?,10-,11?,12?,13-/m1/s1. The van der Waals surface area contributed by atoms with Crippen molar-refractivity contribution in [1.82, 2.24) is 0 Å². The van der Waals surface area contributed by atoms with Gasteiger partial charge in [-0.05, 0) is 6.07 Å². The molecule has 1 saturated heterocycles. The van der Waals surface area contributed by atoms with Crippen molar-refractivity contribution in [2.75, 3.05) is 6.61 Å². The zero-order valence-corrected chi connectivity index (χ0v) is 10.7. The van der Waals surface area contributed by atoms with Gasteiger partial charge in [-0.1, -0.05) is 18.2 Å². The molecule has 0 radical (unpaired) electrons. The van der Waals surface area contributed by atoms with Crippen LogP contribution < -0.4 is 4.74 Å². The van der Waals surface area contributed by atoms with Gasteiger partial charge in [0.2, 0.25) is 6.29 Å². The molecule has 1 aliphatic heterocycles. The number of benzene rings is 1. The number of hydrogen-bond acceptors (Lipinski definition) is 7. The molecular formula is C13H18O7. The molecule has 112 valence electrons. The third-order valence-electron chi connectivity index (χ3n) is 3.23. The summed E-state index contributed by atoms with van der Waals surface area (Å²) < 4.78 is 10.6. The van der Waals surface area contributed by atoms with E-state index in [2.05, 4.69) is 0 Å². The average molecular weight is 286 g/mol. The zero-order valence-electron chi connectivity index (χ0n) is 10.7. The van der Waals surface area contributed by atoms with Crippen LogP contribution in [0, 0.1) is 0 Å². The Morgan fingerprint density at radius 2 is 1.70 bits per heavy atom. The molecule has 7 nitrogen and oxygen atoms in total. The van der Waals surface area contributed by atoms with Crippen molar-refractivity contribution >= 4 is 0 Å². The first-order chi connectivity index (χ1) is 9.58. The Balaban J connectivity index is 2.15. The molecule has 1 fully saturated rings. The van der Waals surface area contributed by atoms with Crippen molar-refractivity contribution in [3.63, 3.8) is 0 Å². The lowest BCUT2D eigenvalue weighted by Gasteiger charge is -2.39. The SMILES string of the molecule is OCc1ccccc1O[C@@H]1OC(CO)[C@@H](O)C(O)C1O. The second-order valence-corrected chi connectivity index (χ2v) is 4.58. The van der Waals surface area contributed by atoms with Crippen molar-refractivity contribution in [3.8, 4) is 5.75 Å². The number of rotatable bonds is 4. The first-order valence-corrected chi connectivity index (χ1v) is 6.24. The van der Waals surface area contributed by atoms with E-state index in [0.717, 1.165) is 0 Å². The lowest BCUT2D eigenvalue weighted by Crippen LogP contribution is -2.60. The summed E-state index contributed by atoms with van der Waals surface area (Å²) in [6, 6.07) is 6.61. The van der Waals surface area contributed by atoms with Gasteiger partial charge in [-0.25, -0.2) is 0 Å². The number of aliphatic hydroxyl groups excluding tert-OH is 5. The van der Waals surface area contributed by atoms with Crippen LogP contribution in [0.4, 0.5) is 0 Å². The molecule has 1 heterocycles. The summed E-state index contributed by atoms with van der Waals surface area (Å²) in [6.45, 7) is -0.778. The predicted molar refractivity (Wildman–Crippen MR) is 66.8 cm³/mol. The molecule has 0 aromatic heterocycles. The molecule has 0 saturated carbocycles. The Hall–Kier alpha value is -1.22. The smallest absolute Gasteiger partial charge is 0.229 e. The molecule has 5 atom stereocenters. The van der Waals surface area contributed by atoms with E-state index in [-0.39, 0.29) is 6.61 Å². The fraction of sp³-hybridized carbons (Fsp3) is 0.538. The van der Waals surface area contributed by atoms with Crippen LogP contribution in [0.3, 0.4) is 0 Å². The van der Waals surface area contributed by atoms with Gasteiger partial charge < -0.3 is 35.0 Å². The zero-order chi connectivity index (χ0) is 14.7. The van der Waals surface area contributed by atoms with Crippen LogP contribution >= 0.6 is 0 Å². The van der Waals surface area contributed by atoms with Crippen LogP contribution in [0.25, 0.3) is 0 Å². The van der Waals surface area contributed by atoms with Gasteiger partial charge in [0.1, 0.15) is 30.2 Å². The van der Waals surface area contributed by atoms with E-state index in [1.54, 1.807) is 24.3 Å². The van der Waals surface area contributed by atoms with Crippen LogP contribution in [0.2, 0.25) is 0 Å². The highest BCUT2D eigenvalue weighted by molar-refractivity contribution is 5.32. The third kappa shape index (κ3) is 2.93. The highest BCUT2D eigenvalue weighted by Crippen LogP contribution is 2.26. The summed E-state index contributed by atoms with van der Waals surface area (Å²) in [5, 5.41) is 47.4. The second kappa shape index (κ2) is 6.49. The van der Waals surface area contributed by atoms with Crippen molar-refractivity contribution < 1.29 is 35.0 Å².